The van der Waals surface area contributed by atoms with Gasteiger partial charge in [0.25, 0.3) is 0 Å². The fourth-order valence-corrected chi connectivity index (χ4v) is 3.99. The van der Waals surface area contributed by atoms with E-state index >= 15 is 0 Å². The van der Waals surface area contributed by atoms with Crippen molar-refractivity contribution in [3.63, 3.8) is 0 Å². The second-order valence-corrected chi connectivity index (χ2v) is 7.36. The number of benzene rings is 2. The molecule has 1 heterocycles. The molecule has 0 saturated heterocycles. The lowest BCUT2D eigenvalue weighted by molar-refractivity contribution is 0.414. The van der Waals surface area contributed by atoms with E-state index in [-0.39, 0.29) is 23.7 Å². The molecule has 1 aromatic heterocycles. The number of aromatic amines is 1. The Balaban J connectivity index is 1.76. The molecule has 0 unspecified atom stereocenters. The van der Waals surface area contributed by atoms with Crippen molar-refractivity contribution in [2.75, 3.05) is 13.7 Å². The van der Waals surface area contributed by atoms with Crippen molar-refractivity contribution in [3.05, 3.63) is 58.5 Å². The number of hydrogen-bond acceptors (Lipinski definition) is 4. The quantitative estimate of drug-likeness (QED) is 0.698. The van der Waals surface area contributed by atoms with Crippen LogP contribution in [-0.2, 0) is 16.6 Å². The molecule has 7 nitrogen and oxygen atoms in total. The highest BCUT2D eigenvalue weighted by molar-refractivity contribution is 7.89. The predicted molar refractivity (Wildman–Crippen MR) is 95.5 cm³/mol. The lowest BCUT2D eigenvalue weighted by atomic mass is 10.2. The molecule has 0 aliphatic heterocycles. The summed E-state index contributed by atoms with van der Waals surface area (Å²) in [5.74, 6) is 0.599. The average Bonchev–Trinajstić information content (AvgIpc) is 2.90. The molecule has 2 N–H and O–H groups in total. The number of hydrogen-bond donors (Lipinski definition) is 2. The molecule has 0 spiro atoms. The van der Waals surface area contributed by atoms with E-state index in [4.69, 9.17) is 4.74 Å². The largest absolute Gasteiger partial charge is 0.497 e. The number of aryl methyl sites for hydroxylation is 1. The van der Waals surface area contributed by atoms with Gasteiger partial charge in [0.1, 0.15) is 5.75 Å². The molecular weight excluding hydrogens is 342 g/mol. The van der Waals surface area contributed by atoms with Gasteiger partial charge in [-0.05, 0) is 42.8 Å². The number of nitrogens with one attached hydrogen (secondary N) is 2. The number of H-pyrrole nitrogens is 1. The molecule has 3 aromatic rings. The smallest absolute Gasteiger partial charge is 0.326 e. The zero-order chi connectivity index (χ0) is 18.0. The first-order valence-corrected chi connectivity index (χ1v) is 9.22. The van der Waals surface area contributed by atoms with Crippen LogP contribution in [0.25, 0.3) is 11.0 Å². The van der Waals surface area contributed by atoms with Crippen LogP contribution < -0.4 is 15.1 Å². The summed E-state index contributed by atoms with van der Waals surface area (Å²) in [6.07, 6.45) is 0. The second-order valence-electron chi connectivity index (χ2n) is 5.63. The van der Waals surface area contributed by atoms with Gasteiger partial charge in [0.2, 0.25) is 10.0 Å². The first-order valence-electron chi connectivity index (χ1n) is 7.74. The van der Waals surface area contributed by atoms with Gasteiger partial charge < -0.3 is 9.72 Å². The van der Waals surface area contributed by atoms with Crippen LogP contribution in [-0.4, -0.2) is 31.6 Å². The summed E-state index contributed by atoms with van der Waals surface area (Å²) >= 11 is 0. The molecule has 2 aromatic carbocycles. The Bertz CT molecular complexity index is 1070. The van der Waals surface area contributed by atoms with Crippen LogP contribution in [0, 0.1) is 6.92 Å². The van der Waals surface area contributed by atoms with Crippen molar-refractivity contribution in [3.8, 4) is 5.75 Å². The maximum Gasteiger partial charge on any atom is 0.326 e. The number of sulfonamides is 1. The van der Waals surface area contributed by atoms with Crippen molar-refractivity contribution in [2.45, 2.75) is 18.4 Å². The van der Waals surface area contributed by atoms with Gasteiger partial charge in [0, 0.05) is 13.1 Å². The number of methoxy groups -OCH3 is 1. The molecule has 0 amide bonds. The summed E-state index contributed by atoms with van der Waals surface area (Å²) in [6.45, 7) is 2.05. The molecule has 0 radical (unpaired) electrons. The Morgan fingerprint density at radius 3 is 2.68 bits per heavy atom. The van der Waals surface area contributed by atoms with Gasteiger partial charge in [-0.1, -0.05) is 12.1 Å². The van der Waals surface area contributed by atoms with Crippen LogP contribution in [0.3, 0.4) is 0 Å². The van der Waals surface area contributed by atoms with Crippen LogP contribution >= 0.6 is 0 Å². The monoisotopic (exact) mass is 361 g/mol. The summed E-state index contributed by atoms with van der Waals surface area (Å²) in [5.41, 5.74) is 1.80. The first-order chi connectivity index (χ1) is 11.9. The number of ether oxygens (including phenoxy) is 1. The van der Waals surface area contributed by atoms with Gasteiger partial charge in [-0.2, -0.15) is 0 Å². The van der Waals surface area contributed by atoms with Gasteiger partial charge >= 0.3 is 5.69 Å². The molecule has 8 heteroatoms. The number of aromatic nitrogens is 2. The summed E-state index contributed by atoms with van der Waals surface area (Å²) in [4.78, 5) is 14.9. The fraction of sp³-hybridized carbons (Fsp3) is 0.235. The van der Waals surface area contributed by atoms with E-state index in [1.807, 2.05) is 18.2 Å². The van der Waals surface area contributed by atoms with Crippen molar-refractivity contribution < 1.29 is 13.2 Å². The lowest BCUT2D eigenvalue weighted by Crippen LogP contribution is -2.30. The maximum absolute atomic E-state index is 12.5. The van der Waals surface area contributed by atoms with Gasteiger partial charge in [-0.25, -0.2) is 17.9 Å². The zero-order valence-electron chi connectivity index (χ0n) is 13.9. The third-order valence-electron chi connectivity index (χ3n) is 3.98. The van der Waals surface area contributed by atoms with Gasteiger partial charge in [0.15, 0.2) is 0 Å². The molecular formula is C17H19N3O4S. The number of fused-ring (bicyclic) bond motifs is 1. The minimum atomic E-state index is -3.67. The van der Waals surface area contributed by atoms with Gasteiger partial charge in [-0.3, -0.25) is 4.57 Å². The molecule has 0 bridgehead atoms. The average molecular weight is 361 g/mol. The van der Waals surface area contributed by atoms with Gasteiger partial charge in [-0.15, -0.1) is 0 Å². The number of imidazole rings is 1. The number of rotatable bonds is 6. The lowest BCUT2D eigenvalue weighted by Gasteiger charge is -2.11. The Morgan fingerprint density at radius 2 is 1.96 bits per heavy atom. The first kappa shape index (κ1) is 17.2. The number of nitrogens with zero attached hydrogens (tertiary/aromatic N) is 1. The molecule has 0 saturated carbocycles. The Morgan fingerprint density at radius 1 is 1.20 bits per heavy atom. The van der Waals surface area contributed by atoms with Crippen LogP contribution in [0.2, 0.25) is 0 Å². The van der Waals surface area contributed by atoms with Crippen LogP contribution in [0.15, 0.2) is 52.2 Å². The van der Waals surface area contributed by atoms with E-state index in [1.165, 1.54) is 17.7 Å². The minimum Gasteiger partial charge on any atom is -0.497 e. The summed E-state index contributed by atoms with van der Waals surface area (Å²) < 4.78 is 34.1. The van der Waals surface area contributed by atoms with E-state index < -0.39 is 10.0 Å². The SMILES string of the molecule is COc1ccc(S(=O)(=O)NCCn2c(=O)[nH]c3ccccc32)c(C)c1. The second kappa shape index (κ2) is 6.73. The third-order valence-corrected chi connectivity index (χ3v) is 5.60. The summed E-state index contributed by atoms with van der Waals surface area (Å²) in [5, 5.41) is 0. The van der Waals surface area contributed by atoms with Crippen molar-refractivity contribution in [1.29, 1.82) is 0 Å². The van der Waals surface area contributed by atoms with E-state index in [2.05, 4.69) is 9.71 Å². The highest BCUT2D eigenvalue weighted by atomic mass is 32.2. The zero-order valence-corrected chi connectivity index (χ0v) is 14.8. The van der Waals surface area contributed by atoms with E-state index in [1.54, 1.807) is 25.1 Å². The molecule has 0 atom stereocenters. The van der Waals surface area contributed by atoms with Crippen molar-refractivity contribution in [2.24, 2.45) is 0 Å². The highest BCUT2D eigenvalue weighted by Crippen LogP contribution is 2.20. The van der Waals surface area contributed by atoms with Gasteiger partial charge in [0.05, 0.1) is 23.0 Å². The third kappa shape index (κ3) is 3.45. The molecule has 0 aliphatic rings. The number of para-hydroxylation sites is 2. The van der Waals surface area contributed by atoms with Crippen LogP contribution in [0.1, 0.15) is 5.56 Å². The van der Waals surface area contributed by atoms with E-state index in [0.717, 1.165) is 11.0 Å². The normalized spacial score (nSPS) is 11.8. The summed E-state index contributed by atoms with van der Waals surface area (Å²) in [6, 6.07) is 12.1. The van der Waals surface area contributed by atoms with Crippen molar-refractivity contribution in [1.82, 2.24) is 14.3 Å². The molecule has 0 aliphatic carbocycles. The van der Waals surface area contributed by atoms with Crippen LogP contribution in [0.5, 0.6) is 5.75 Å². The fourth-order valence-electron chi connectivity index (χ4n) is 2.75. The summed E-state index contributed by atoms with van der Waals surface area (Å²) in [7, 11) is -2.14. The highest BCUT2D eigenvalue weighted by Gasteiger charge is 2.17. The topological polar surface area (TPSA) is 93.2 Å². The molecule has 3 rings (SSSR count). The Kier molecular flexibility index (Phi) is 4.65. The van der Waals surface area contributed by atoms with Crippen LogP contribution in [0.4, 0.5) is 0 Å². The Labute approximate surface area is 145 Å². The maximum atomic E-state index is 12.5. The molecule has 25 heavy (non-hydrogen) atoms. The minimum absolute atomic E-state index is 0.107. The molecule has 0 fully saturated rings. The molecule has 132 valence electrons. The standard InChI is InChI=1S/C17H19N3O4S/c1-12-11-13(24-2)7-8-16(12)25(22,23)18-9-10-20-15-6-4-3-5-14(15)19-17(20)21/h3-8,11,18H,9-10H2,1-2H3,(H,19,21). The van der Waals surface area contributed by atoms with E-state index in [9.17, 15) is 13.2 Å². The van der Waals surface area contributed by atoms with E-state index in [0.29, 0.717) is 11.3 Å². The van der Waals surface area contributed by atoms with Crippen molar-refractivity contribution >= 4 is 21.1 Å². The Hall–Kier alpha value is -2.58. The predicted octanol–water partition coefficient (Wildman–Crippen LogP) is 1.63.